The van der Waals surface area contributed by atoms with E-state index in [0.717, 1.165) is 31.6 Å². The van der Waals surface area contributed by atoms with Crippen molar-refractivity contribution in [1.29, 1.82) is 0 Å². The van der Waals surface area contributed by atoms with Gasteiger partial charge < -0.3 is 24.1 Å². The third-order valence-corrected chi connectivity index (χ3v) is 3.25. The number of rotatable bonds is 16. The summed E-state index contributed by atoms with van der Waals surface area (Å²) < 4.78 is 14.6. The summed E-state index contributed by atoms with van der Waals surface area (Å²) in [6.45, 7) is 5.62. The number of aldehydes is 1. The Hall–Kier alpha value is -2.22. The SMILES string of the molecule is C=CC(=O)OCCOC(=O)CCCCCOC(=O)CCCCCO.CCC=O. The van der Waals surface area contributed by atoms with Crippen molar-refractivity contribution in [3.63, 3.8) is 0 Å². The Morgan fingerprint density at radius 2 is 1.32 bits per heavy atom. The van der Waals surface area contributed by atoms with E-state index < -0.39 is 5.97 Å². The van der Waals surface area contributed by atoms with E-state index in [-0.39, 0.29) is 38.2 Å². The number of unbranched alkanes of at least 4 members (excludes halogenated alkanes) is 4. The van der Waals surface area contributed by atoms with Crippen LogP contribution < -0.4 is 0 Å². The second kappa shape index (κ2) is 22.8. The van der Waals surface area contributed by atoms with Crippen LogP contribution in [-0.4, -0.2) is 55.7 Å². The maximum absolute atomic E-state index is 11.4. The maximum Gasteiger partial charge on any atom is 0.330 e. The lowest BCUT2D eigenvalue weighted by Crippen LogP contribution is -2.12. The molecule has 0 spiro atoms. The van der Waals surface area contributed by atoms with Crippen molar-refractivity contribution < 1.29 is 38.5 Å². The molecule has 0 saturated heterocycles. The van der Waals surface area contributed by atoms with E-state index in [0.29, 0.717) is 38.7 Å². The van der Waals surface area contributed by atoms with E-state index in [1.807, 2.05) is 6.92 Å². The number of carbonyl (C=O) groups is 4. The van der Waals surface area contributed by atoms with E-state index >= 15 is 0 Å². The van der Waals surface area contributed by atoms with Gasteiger partial charge in [-0.25, -0.2) is 4.79 Å². The van der Waals surface area contributed by atoms with Crippen molar-refractivity contribution >= 4 is 24.2 Å². The van der Waals surface area contributed by atoms with Gasteiger partial charge in [0.05, 0.1) is 6.61 Å². The highest BCUT2D eigenvalue weighted by Crippen LogP contribution is 2.04. The van der Waals surface area contributed by atoms with E-state index in [4.69, 9.17) is 14.6 Å². The number of carbonyl (C=O) groups excluding carboxylic acids is 4. The second-order valence-electron chi connectivity index (χ2n) is 5.73. The fourth-order valence-corrected chi connectivity index (χ4v) is 1.79. The molecule has 0 unspecified atom stereocenters. The second-order valence-corrected chi connectivity index (χ2v) is 5.73. The number of aliphatic hydroxyl groups is 1. The summed E-state index contributed by atoms with van der Waals surface area (Å²) >= 11 is 0. The summed E-state index contributed by atoms with van der Waals surface area (Å²) in [7, 11) is 0. The molecular formula is C20H34O8. The molecule has 0 aromatic rings. The Labute approximate surface area is 167 Å². The summed E-state index contributed by atoms with van der Waals surface area (Å²) in [6, 6.07) is 0. The number of aliphatic hydroxyl groups excluding tert-OH is 1. The molecule has 0 bridgehead atoms. The van der Waals surface area contributed by atoms with Crippen molar-refractivity contribution in [3.8, 4) is 0 Å². The standard InChI is InChI=1S/C17H28O7.C3H6O/c1-2-15(19)23-13-14-24-17(21)10-6-4-8-12-22-16(20)9-5-3-7-11-18;1-2-3-4/h2,18H,1,3-14H2;3H,2H2,1H3. The van der Waals surface area contributed by atoms with Gasteiger partial charge in [-0.2, -0.15) is 0 Å². The number of ether oxygens (including phenoxy) is 3. The Kier molecular flexibility index (Phi) is 22.8. The van der Waals surface area contributed by atoms with Crippen LogP contribution in [-0.2, 0) is 33.4 Å². The predicted octanol–water partition coefficient (Wildman–Crippen LogP) is 2.51. The van der Waals surface area contributed by atoms with Crippen LogP contribution >= 0.6 is 0 Å². The van der Waals surface area contributed by atoms with Gasteiger partial charge in [-0.05, 0) is 32.1 Å². The lowest BCUT2D eigenvalue weighted by molar-refractivity contribution is -0.149. The first kappa shape index (κ1) is 28.0. The van der Waals surface area contributed by atoms with Crippen LogP contribution in [0.2, 0.25) is 0 Å². The molecule has 0 aliphatic heterocycles. The highest BCUT2D eigenvalue weighted by molar-refractivity contribution is 5.81. The first-order valence-corrected chi connectivity index (χ1v) is 9.66. The largest absolute Gasteiger partial charge is 0.466 e. The molecule has 8 heteroatoms. The van der Waals surface area contributed by atoms with E-state index in [9.17, 15) is 19.2 Å². The number of hydrogen-bond donors (Lipinski definition) is 1. The van der Waals surface area contributed by atoms with Gasteiger partial charge in [-0.1, -0.05) is 19.9 Å². The Bertz CT molecular complexity index is 434. The van der Waals surface area contributed by atoms with Crippen LogP contribution in [0.3, 0.4) is 0 Å². The summed E-state index contributed by atoms with van der Waals surface area (Å²) in [5, 5.41) is 8.61. The number of hydrogen-bond acceptors (Lipinski definition) is 8. The number of esters is 3. The van der Waals surface area contributed by atoms with Gasteiger partial charge in [0, 0.05) is 31.9 Å². The van der Waals surface area contributed by atoms with Crippen LogP contribution in [0.15, 0.2) is 12.7 Å². The van der Waals surface area contributed by atoms with E-state index in [1.165, 1.54) is 0 Å². The van der Waals surface area contributed by atoms with Crippen LogP contribution in [0.25, 0.3) is 0 Å². The molecule has 0 radical (unpaired) electrons. The third-order valence-electron chi connectivity index (χ3n) is 3.25. The Balaban J connectivity index is 0. The van der Waals surface area contributed by atoms with Gasteiger partial charge in [-0.15, -0.1) is 0 Å². The zero-order chi connectivity index (χ0) is 21.5. The predicted molar refractivity (Wildman–Crippen MR) is 103 cm³/mol. The third kappa shape index (κ3) is 23.8. The van der Waals surface area contributed by atoms with Crippen molar-refractivity contribution in [2.75, 3.05) is 26.4 Å². The van der Waals surface area contributed by atoms with Gasteiger partial charge >= 0.3 is 17.9 Å². The molecule has 8 nitrogen and oxygen atoms in total. The molecule has 0 amide bonds. The summed E-state index contributed by atoms with van der Waals surface area (Å²) in [5.74, 6) is -1.11. The maximum atomic E-state index is 11.4. The lowest BCUT2D eigenvalue weighted by atomic mass is 10.2. The first-order valence-electron chi connectivity index (χ1n) is 9.66. The molecule has 0 heterocycles. The topological polar surface area (TPSA) is 116 Å². The normalized spacial score (nSPS) is 9.50. The Morgan fingerprint density at radius 1 is 0.821 bits per heavy atom. The molecule has 0 rings (SSSR count). The molecule has 0 aliphatic carbocycles. The van der Waals surface area contributed by atoms with E-state index in [2.05, 4.69) is 11.3 Å². The highest BCUT2D eigenvalue weighted by Gasteiger charge is 2.05. The van der Waals surface area contributed by atoms with Crippen molar-refractivity contribution in [2.24, 2.45) is 0 Å². The summed E-state index contributed by atoms with van der Waals surface area (Å²) in [4.78, 5) is 42.7. The molecule has 0 aliphatic rings. The van der Waals surface area contributed by atoms with Gasteiger partial charge in [0.1, 0.15) is 19.5 Å². The molecule has 0 aromatic carbocycles. The first-order chi connectivity index (χ1) is 13.5. The van der Waals surface area contributed by atoms with Gasteiger partial charge in [-0.3, -0.25) is 9.59 Å². The molecule has 162 valence electrons. The molecule has 1 N–H and O–H groups in total. The van der Waals surface area contributed by atoms with Crippen LogP contribution in [0.5, 0.6) is 0 Å². The highest BCUT2D eigenvalue weighted by atomic mass is 16.6. The zero-order valence-electron chi connectivity index (χ0n) is 16.9. The molecule has 0 saturated carbocycles. The molecule has 0 atom stereocenters. The van der Waals surface area contributed by atoms with Gasteiger partial charge in [0.25, 0.3) is 0 Å². The fourth-order valence-electron chi connectivity index (χ4n) is 1.79. The monoisotopic (exact) mass is 402 g/mol. The summed E-state index contributed by atoms with van der Waals surface area (Å²) in [6.07, 6.45) is 7.59. The van der Waals surface area contributed by atoms with Crippen LogP contribution in [0, 0.1) is 0 Å². The zero-order valence-corrected chi connectivity index (χ0v) is 16.9. The summed E-state index contributed by atoms with van der Waals surface area (Å²) in [5.41, 5.74) is 0. The Morgan fingerprint density at radius 3 is 1.82 bits per heavy atom. The van der Waals surface area contributed by atoms with Crippen LogP contribution in [0.4, 0.5) is 0 Å². The fraction of sp³-hybridized carbons (Fsp3) is 0.700. The quantitative estimate of drug-likeness (QED) is 0.138. The van der Waals surface area contributed by atoms with Crippen molar-refractivity contribution in [2.45, 2.75) is 64.7 Å². The molecule has 0 aromatic heterocycles. The van der Waals surface area contributed by atoms with Crippen molar-refractivity contribution in [1.82, 2.24) is 0 Å². The average Bonchev–Trinajstić information content (AvgIpc) is 2.71. The minimum Gasteiger partial charge on any atom is -0.466 e. The van der Waals surface area contributed by atoms with Gasteiger partial charge in [0.15, 0.2) is 0 Å². The molecule has 28 heavy (non-hydrogen) atoms. The lowest BCUT2D eigenvalue weighted by Gasteiger charge is -2.06. The van der Waals surface area contributed by atoms with Gasteiger partial charge in [0.2, 0.25) is 0 Å². The smallest absolute Gasteiger partial charge is 0.330 e. The van der Waals surface area contributed by atoms with E-state index in [1.54, 1.807) is 0 Å². The minimum atomic E-state index is -0.547. The van der Waals surface area contributed by atoms with Crippen LogP contribution in [0.1, 0.15) is 64.7 Å². The van der Waals surface area contributed by atoms with Crippen molar-refractivity contribution in [3.05, 3.63) is 12.7 Å². The molecule has 0 fully saturated rings. The molecular weight excluding hydrogens is 368 g/mol. The average molecular weight is 402 g/mol. The minimum absolute atomic E-state index is 0.0187.